The number of amides is 3. The maximum Gasteiger partial charge on any atom is 0.261 e. The fraction of sp³-hybridized carbons (Fsp3) is 0.318. The molecule has 2 aromatic carbocycles. The molecule has 29 heavy (non-hydrogen) atoms. The van der Waals surface area contributed by atoms with E-state index in [-0.39, 0.29) is 36.1 Å². The second kappa shape index (κ2) is 8.17. The van der Waals surface area contributed by atoms with Crippen LogP contribution in [0.15, 0.2) is 42.5 Å². The number of carbonyl (C=O) groups excluding carboxylic acids is 3. The lowest BCUT2D eigenvalue weighted by Gasteiger charge is -2.32. The molecule has 1 fully saturated rings. The van der Waals surface area contributed by atoms with Gasteiger partial charge in [0.05, 0.1) is 21.8 Å². The minimum Gasteiger partial charge on any atom is -0.324 e. The largest absolute Gasteiger partial charge is 0.324 e. The molecule has 5 nitrogen and oxygen atoms in total. The molecule has 2 aromatic rings. The van der Waals surface area contributed by atoms with Crippen LogP contribution in [0.3, 0.4) is 0 Å². The van der Waals surface area contributed by atoms with Gasteiger partial charge in [-0.1, -0.05) is 48.2 Å². The molecule has 3 amide bonds. The van der Waals surface area contributed by atoms with Gasteiger partial charge in [-0.3, -0.25) is 19.3 Å². The molecular weight excluding hydrogens is 411 g/mol. The Morgan fingerprint density at radius 2 is 1.66 bits per heavy atom. The van der Waals surface area contributed by atoms with Gasteiger partial charge in [0.1, 0.15) is 0 Å². The first-order chi connectivity index (χ1) is 14.0. The van der Waals surface area contributed by atoms with E-state index in [0.717, 1.165) is 19.3 Å². The number of benzene rings is 2. The van der Waals surface area contributed by atoms with Gasteiger partial charge in [0, 0.05) is 17.5 Å². The molecule has 1 saturated carbocycles. The maximum absolute atomic E-state index is 13.0. The summed E-state index contributed by atoms with van der Waals surface area (Å²) in [4.78, 5) is 39.7. The number of nitrogens with one attached hydrogen (secondary N) is 1. The monoisotopic (exact) mass is 430 g/mol. The van der Waals surface area contributed by atoms with E-state index in [1.165, 1.54) is 4.90 Å². The molecule has 0 radical (unpaired) electrons. The molecule has 0 spiro atoms. The van der Waals surface area contributed by atoms with E-state index < -0.39 is 0 Å². The summed E-state index contributed by atoms with van der Waals surface area (Å²) >= 11 is 12.2. The summed E-state index contributed by atoms with van der Waals surface area (Å²) < 4.78 is 0. The van der Waals surface area contributed by atoms with Gasteiger partial charge < -0.3 is 5.32 Å². The van der Waals surface area contributed by atoms with Crippen molar-refractivity contribution in [3.05, 3.63) is 63.6 Å². The van der Waals surface area contributed by atoms with Crippen LogP contribution in [0.4, 0.5) is 5.69 Å². The highest BCUT2D eigenvalue weighted by atomic mass is 35.5. The number of hydrogen-bond donors (Lipinski definition) is 1. The fourth-order valence-corrected chi connectivity index (χ4v) is 4.57. The Labute approximate surface area is 179 Å². The molecule has 4 rings (SSSR count). The first kappa shape index (κ1) is 19.9. The summed E-state index contributed by atoms with van der Waals surface area (Å²) in [5.41, 5.74) is 1.33. The quantitative estimate of drug-likeness (QED) is 0.691. The van der Waals surface area contributed by atoms with Crippen molar-refractivity contribution in [3.63, 3.8) is 0 Å². The van der Waals surface area contributed by atoms with E-state index in [4.69, 9.17) is 23.2 Å². The number of nitrogens with zero attached hydrogens (tertiary/aromatic N) is 1. The molecule has 2 aliphatic rings. The van der Waals surface area contributed by atoms with Crippen LogP contribution < -0.4 is 5.32 Å². The van der Waals surface area contributed by atoms with E-state index in [2.05, 4.69) is 5.32 Å². The SMILES string of the molecule is O=C(Nc1cc(Cl)ccc1Cl)C1CCCCC1CN1C(=O)c2ccccc2C1=O. The third-order valence-electron chi connectivity index (χ3n) is 5.73. The second-order valence-electron chi connectivity index (χ2n) is 7.53. The average Bonchev–Trinajstić information content (AvgIpc) is 2.96. The van der Waals surface area contributed by atoms with E-state index in [1.807, 2.05) is 0 Å². The number of halogens is 2. The predicted molar refractivity (Wildman–Crippen MR) is 112 cm³/mol. The molecule has 1 heterocycles. The van der Waals surface area contributed by atoms with Gasteiger partial charge in [-0.25, -0.2) is 0 Å². The second-order valence-corrected chi connectivity index (χ2v) is 8.37. The molecular formula is C22H20Cl2N2O3. The third-order valence-corrected chi connectivity index (χ3v) is 6.29. The molecule has 2 unspecified atom stereocenters. The van der Waals surface area contributed by atoms with E-state index in [1.54, 1.807) is 42.5 Å². The smallest absolute Gasteiger partial charge is 0.261 e. The minimum absolute atomic E-state index is 0.0936. The first-order valence-corrected chi connectivity index (χ1v) is 10.4. The zero-order valence-corrected chi connectivity index (χ0v) is 17.2. The Kier molecular flexibility index (Phi) is 5.61. The van der Waals surface area contributed by atoms with Crippen LogP contribution in [0.25, 0.3) is 0 Å². The maximum atomic E-state index is 13.0. The van der Waals surface area contributed by atoms with Gasteiger partial charge in [0.15, 0.2) is 0 Å². The summed E-state index contributed by atoms with van der Waals surface area (Å²) in [6.07, 6.45) is 3.39. The molecule has 0 aromatic heterocycles. The van der Waals surface area contributed by atoms with E-state index >= 15 is 0 Å². The standard InChI is InChI=1S/C22H20Cl2N2O3/c23-14-9-10-18(24)19(11-14)25-20(27)15-6-2-1-5-13(15)12-26-21(28)16-7-3-4-8-17(16)22(26)29/h3-4,7-11,13,15H,1-2,5-6,12H2,(H,25,27). The Hall–Kier alpha value is -2.37. The zero-order chi connectivity index (χ0) is 20.5. The molecule has 7 heteroatoms. The highest BCUT2D eigenvalue weighted by Gasteiger charge is 2.40. The molecule has 1 aliphatic carbocycles. The lowest BCUT2D eigenvalue weighted by Crippen LogP contribution is -2.41. The summed E-state index contributed by atoms with van der Waals surface area (Å²) in [5.74, 6) is -1.12. The van der Waals surface area contributed by atoms with E-state index in [9.17, 15) is 14.4 Å². The number of anilines is 1. The van der Waals surface area contributed by atoms with Crippen LogP contribution in [0.1, 0.15) is 46.4 Å². The number of carbonyl (C=O) groups is 3. The van der Waals surface area contributed by atoms with Crippen molar-refractivity contribution in [1.29, 1.82) is 0 Å². The topological polar surface area (TPSA) is 66.5 Å². The highest BCUT2D eigenvalue weighted by Crippen LogP contribution is 2.35. The van der Waals surface area contributed by atoms with Crippen molar-refractivity contribution in [2.45, 2.75) is 25.7 Å². The third kappa shape index (κ3) is 3.89. The Bertz CT molecular complexity index is 957. The molecule has 150 valence electrons. The normalized spacial score (nSPS) is 21.2. The van der Waals surface area contributed by atoms with Gasteiger partial charge >= 0.3 is 0 Å². The Morgan fingerprint density at radius 3 is 2.34 bits per heavy atom. The van der Waals surface area contributed by atoms with Crippen molar-refractivity contribution in [3.8, 4) is 0 Å². The van der Waals surface area contributed by atoms with Crippen molar-refractivity contribution < 1.29 is 14.4 Å². The van der Waals surface area contributed by atoms with Crippen LogP contribution in [0.5, 0.6) is 0 Å². The van der Waals surface area contributed by atoms with Gasteiger partial charge in [-0.05, 0) is 49.1 Å². The summed E-state index contributed by atoms with van der Waals surface area (Å²) in [6, 6.07) is 11.7. The minimum atomic E-state index is -0.303. The van der Waals surface area contributed by atoms with Crippen molar-refractivity contribution >= 4 is 46.6 Å². The fourth-order valence-electron chi connectivity index (χ4n) is 4.23. The van der Waals surface area contributed by atoms with Crippen LogP contribution in [-0.2, 0) is 4.79 Å². The van der Waals surface area contributed by atoms with Crippen molar-refractivity contribution in [2.75, 3.05) is 11.9 Å². The average molecular weight is 431 g/mol. The van der Waals surface area contributed by atoms with Crippen LogP contribution >= 0.6 is 23.2 Å². The van der Waals surface area contributed by atoms with Gasteiger partial charge in [0.25, 0.3) is 11.8 Å². The number of hydrogen-bond acceptors (Lipinski definition) is 3. The van der Waals surface area contributed by atoms with Crippen molar-refractivity contribution in [2.24, 2.45) is 11.8 Å². The summed E-state index contributed by atoms with van der Waals surface area (Å²) in [7, 11) is 0. The molecule has 0 saturated heterocycles. The number of rotatable bonds is 4. The molecule has 1 N–H and O–H groups in total. The predicted octanol–water partition coefficient (Wildman–Crippen LogP) is 5.03. The molecule has 0 bridgehead atoms. The van der Waals surface area contributed by atoms with E-state index in [0.29, 0.717) is 33.3 Å². The van der Waals surface area contributed by atoms with Gasteiger partial charge in [-0.2, -0.15) is 0 Å². The summed E-state index contributed by atoms with van der Waals surface area (Å²) in [5, 5.41) is 3.77. The van der Waals surface area contributed by atoms with Crippen LogP contribution in [0.2, 0.25) is 10.0 Å². The molecule has 2 atom stereocenters. The lowest BCUT2D eigenvalue weighted by molar-refractivity contribution is -0.122. The molecule has 1 aliphatic heterocycles. The van der Waals surface area contributed by atoms with Crippen molar-refractivity contribution in [1.82, 2.24) is 4.90 Å². The van der Waals surface area contributed by atoms with Gasteiger partial charge in [-0.15, -0.1) is 0 Å². The van der Waals surface area contributed by atoms with Crippen LogP contribution in [0, 0.1) is 11.8 Å². The lowest BCUT2D eigenvalue weighted by atomic mass is 9.78. The zero-order valence-electron chi connectivity index (χ0n) is 15.7. The Balaban J connectivity index is 1.51. The number of imide groups is 1. The highest BCUT2D eigenvalue weighted by molar-refractivity contribution is 6.35. The van der Waals surface area contributed by atoms with Gasteiger partial charge in [0.2, 0.25) is 5.91 Å². The van der Waals surface area contributed by atoms with Crippen LogP contribution in [-0.4, -0.2) is 29.2 Å². The summed E-state index contributed by atoms with van der Waals surface area (Å²) in [6.45, 7) is 0.244. The first-order valence-electron chi connectivity index (χ1n) is 9.67. The Morgan fingerprint density at radius 1 is 1.00 bits per heavy atom. The number of fused-ring (bicyclic) bond motifs is 1.